The van der Waals surface area contributed by atoms with Crippen molar-refractivity contribution in [2.75, 3.05) is 5.01 Å². The minimum Gasteiger partial charge on any atom is -0.481 e. The minimum atomic E-state index is -0.0787. The predicted molar refractivity (Wildman–Crippen MR) is 95.5 cm³/mol. The molecule has 2 aliphatic heterocycles. The number of anilines is 1. The molecule has 3 nitrogen and oxygen atoms in total. The average molecular weight is 312 g/mol. The summed E-state index contributed by atoms with van der Waals surface area (Å²) in [6.45, 7) is 0. The molecule has 0 fully saturated rings. The zero-order valence-electron chi connectivity index (χ0n) is 13.0. The highest BCUT2D eigenvalue weighted by atomic mass is 16.5. The summed E-state index contributed by atoms with van der Waals surface area (Å²) >= 11 is 0. The largest absolute Gasteiger partial charge is 0.481 e. The van der Waals surface area contributed by atoms with Gasteiger partial charge in [0.25, 0.3) is 0 Å². The maximum Gasteiger partial charge on any atom is 0.169 e. The summed E-state index contributed by atoms with van der Waals surface area (Å²) in [5.41, 5.74) is 4.37. The van der Waals surface area contributed by atoms with Crippen molar-refractivity contribution in [1.29, 1.82) is 0 Å². The molecule has 2 heterocycles. The number of benzene rings is 3. The molecule has 0 saturated heterocycles. The van der Waals surface area contributed by atoms with Gasteiger partial charge in [-0.1, -0.05) is 66.7 Å². The molecule has 0 aromatic heterocycles. The molecule has 116 valence electrons. The monoisotopic (exact) mass is 312 g/mol. The second kappa shape index (κ2) is 5.24. The van der Waals surface area contributed by atoms with Crippen LogP contribution in [0.1, 0.15) is 17.2 Å². The van der Waals surface area contributed by atoms with E-state index < -0.39 is 0 Å². The van der Waals surface area contributed by atoms with Crippen molar-refractivity contribution < 1.29 is 4.74 Å². The molecule has 0 bridgehead atoms. The van der Waals surface area contributed by atoms with Crippen LogP contribution in [0.4, 0.5) is 5.69 Å². The lowest BCUT2D eigenvalue weighted by Gasteiger charge is -2.22. The van der Waals surface area contributed by atoms with E-state index in [1.165, 1.54) is 5.56 Å². The molecule has 0 aliphatic carbocycles. The van der Waals surface area contributed by atoms with Crippen molar-refractivity contribution in [3.05, 3.63) is 96.1 Å². The van der Waals surface area contributed by atoms with Crippen LogP contribution in [0.25, 0.3) is 0 Å². The quantitative estimate of drug-likeness (QED) is 0.700. The van der Waals surface area contributed by atoms with Crippen LogP contribution in [0.15, 0.2) is 90.0 Å². The molecule has 0 N–H and O–H groups in total. The van der Waals surface area contributed by atoms with Gasteiger partial charge in [0.05, 0.1) is 5.69 Å². The fourth-order valence-corrected chi connectivity index (χ4v) is 3.53. The molecule has 3 aromatic carbocycles. The smallest absolute Gasteiger partial charge is 0.169 e. The molecule has 0 radical (unpaired) electrons. The first kappa shape index (κ1) is 13.4. The van der Waals surface area contributed by atoms with Crippen LogP contribution in [0.3, 0.4) is 0 Å². The molecule has 24 heavy (non-hydrogen) atoms. The fraction of sp³-hybridized carbons (Fsp3) is 0.0952. The summed E-state index contributed by atoms with van der Waals surface area (Å²) in [7, 11) is 0. The third-order valence-electron chi connectivity index (χ3n) is 4.62. The lowest BCUT2D eigenvalue weighted by atomic mass is 9.97. The van der Waals surface area contributed by atoms with Crippen LogP contribution in [0.2, 0.25) is 0 Å². The molecule has 0 spiro atoms. The van der Waals surface area contributed by atoms with Gasteiger partial charge >= 0.3 is 0 Å². The third kappa shape index (κ3) is 1.95. The Balaban J connectivity index is 1.66. The lowest BCUT2D eigenvalue weighted by molar-refractivity contribution is 0.283. The highest BCUT2D eigenvalue weighted by molar-refractivity contribution is 6.07. The van der Waals surface area contributed by atoms with Crippen molar-refractivity contribution in [2.24, 2.45) is 5.10 Å². The Labute approximate surface area is 140 Å². The van der Waals surface area contributed by atoms with E-state index in [4.69, 9.17) is 9.84 Å². The molecule has 5 rings (SSSR count). The van der Waals surface area contributed by atoms with E-state index >= 15 is 0 Å². The number of rotatable bonds is 2. The van der Waals surface area contributed by atoms with E-state index in [9.17, 15) is 0 Å². The standard InChI is InChI=1S/C21H16N2O/c1-3-9-15(10-4-1)19-21-20(17-13-7-8-14-18(17)24-21)23(22-19)16-11-5-2-6-12-16/h1-14,20-21H/t20-,21-/m0/s1. The number of ether oxygens (including phenoxy) is 1. The maximum atomic E-state index is 6.28. The van der Waals surface area contributed by atoms with E-state index in [0.717, 1.165) is 22.7 Å². The van der Waals surface area contributed by atoms with Gasteiger partial charge < -0.3 is 4.74 Å². The molecule has 2 aliphatic rings. The number of hydrazone groups is 1. The van der Waals surface area contributed by atoms with Crippen LogP contribution in [-0.4, -0.2) is 11.8 Å². The van der Waals surface area contributed by atoms with Crippen LogP contribution in [0, 0.1) is 0 Å². The Bertz CT molecular complexity index is 905. The predicted octanol–water partition coefficient (Wildman–Crippen LogP) is 4.41. The lowest BCUT2D eigenvalue weighted by Crippen LogP contribution is -2.29. The topological polar surface area (TPSA) is 24.8 Å². The van der Waals surface area contributed by atoms with Crippen LogP contribution >= 0.6 is 0 Å². The average Bonchev–Trinajstić information content (AvgIpc) is 3.20. The molecular weight excluding hydrogens is 296 g/mol. The second-order valence-electron chi connectivity index (χ2n) is 6.05. The number of fused-ring (bicyclic) bond motifs is 3. The minimum absolute atomic E-state index is 0.0787. The molecule has 3 aromatic rings. The van der Waals surface area contributed by atoms with Gasteiger partial charge in [-0.2, -0.15) is 5.10 Å². The van der Waals surface area contributed by atoms with Crippen molar-refractivity contribution >= 4 is 11.4 Å². The summed E-state index contributed by atoms with van der Waals surface area (Å²) in [6, 6.07) is 28.9. The first-order chi connectivity index (χ1) is 11.9. The highest BCUT2D eigenvalue weighted by Gasteiger charge is 2.46. The van der Waals surface area contributed by atoms with Gasteiger partial charge in [-0.15, -0.1) is 0 Å². The van der Waals surface area contributed by atoms with E-state index in [1.54, 1.807) is 0 Å². The zero-order chi connectivity index (χ0) is 15.9. The van der Waals surface area contributed by atoms with Crippen molar-refractivity contribution in [3.63, 3.8) is 0 Å². The summed E-state index contributed by atoms with van der Waals surface area (Å²) in [5.74, 6) is 0.955. The van der Waals surface area contributed by atoms with Crippen LogP contribution < -0.4 is 9.75 Å². The van der Waals surface area contributed by atoms with Gasteiger partial charge in [0.15, 0.2) is 6.10 Å². The van der Waals surface area contributed by atoms with Gasteiger partial charge in [0, 0.05) is 11.1 Å². The third-order valence-corrected chi connectivity index (χ3v) is 4.62. The van der Waals surface area contributed by atoms with Crippen LogP contribution in [0.5, 0.6) is 5.75 Å². The Morgan fingerprint density at radius 1 is 0.750 bits per heavy atom. The Morgan fingerprint density at radius 2 is 1.42 bits per heavy atom. The molecule has 0 saturated carbocycles. The number of hydrogen-bond acceptors (Lipinski definition) is 3. The first-order valence-corrected chi connectivity index (χ1v) is 8.15. The molecule has 0 amide bonds. The van der Waals surface area contributed by atoms with E-state index in [-0.39, 0.29) is 12.1 Å². The van der Waals surface area contributed by atoms with Gasteiger partial charge in [-0.3, -0.25) is 5.01 Å². The highest BCUT2D eigenvalue weighted by Crippen LogP contribution is 2.46. The number of hydrogen-bond donors (Lipinski definition) is 0. The van der Waals surface area contributed by atoms with E-state index in [1.807, 2.05) is 48.5 Å². The number of para-hydroxylation sites is 2. The fourth-order valence-electron chi connectivity index (χ4n) is 3.53. The van der Waals surface area contributed by atoms with E-state index in [2.05, 4.69) is 41.4 Å². The van der Waals surface area contributed by atoms with Crippen molar-refractivity contribution in [3.8, 4) is 5.75 Å². The SMILES string of the molecule is c1ccc(C2=NN(c3ccccc3)[C@H]3c4ccccc4O[C@@H]23)cc1. The van der Waals surface area contributed by atoms with Crippen molar-refractivity contribution in [1.82, 2.24) is 0 Å². The van der Waals surface area contributed by atoms with Crippen molar-refractivity contribution in [2.45, 2.75) is 12.1 Å². The maximum absolute atomic E-state index is 6.28. The molecule has 2 atom stereocenters. The molecule has 3 heteroatoms. The summed E-state index contributed by atoms with van der Waals surface area (Å²) in [6.07, 6.45) is -0.0787. The van der Waals surface area contributed by atoms with Gasteiger partial charge in [0.2, 0.25) is 0 Å². The molecular formula is C21H16N2O. The Hall–Kier alpha value is -3.07. The zero-order valence-corrected chi connectivity index (χ0v) is 13.0. The first-order valence-electron chi connectivity index (χ1n) is 8.15. The summed E-state index contributed by atoms with van der Waals surface area (Å²) < 4.78 is 6.28. The number of nitrogens with zero attached hydrogens (tertiary/aromatic N) is 2. The van der Waals surface area contributed by atoms with Gasteiger partial charge in [0.1, 0.15) is 17.5 Å². The Morgan fingerprint density at radius 3 is 2.21 bits per heavy atom. The second-order valence-corrected chi connectivity index (χ2v) is 6.05. The van der Waals surface area contributed by atoms with Gasteiger partial charge in [-0.25, -0.2) is 0 Å². The van der Waals surface area contributed by atoms with Crippen LogP contribution in [-0.2, 0) is 0 Å². The normalized spacial score (nSPS) is 21.0. The van der Waals surface area contributed by atoms with E-state index in [0.29, 0.717) is 0 Å². The summed E-state index contributed by atoms with van der Waals surface area (Å²) in [4.78, 5) is 0. The molecule has 0 unspecified atom stereocenters. The summed E-state index contributed by atoms with van der Waals surface area (Å²) in [5, 5.41) is 7.03. The van der Waals surface area contributed by atoms with Gasteiger partial charge in [-0.05, 0) is 18.2 Å². The Kier molecular flexibility index (Phi) is 2.92.